The van der Waals surface area contributed by atoms with Crippen molar-refractivity contribution in [2.24, 2.45) is 0 Å². The Morgan fingerprint density at radius 2 is 2.08 bits per heavy atom. The molecule has 0 amide bonds. The predicted molar refractivity (Wildman–Crippen MR) is 52.2 cm³/mol. The molecule has 0 saturated carbocycles. The van der Waals surface area contributed by atoms with Crippen LogP contribution in [0.5, 0.6) is 0 Å². The molecule has 0 aliphatic heterocycles. The monoisotopic (exact) mass is 224 g/mol. The Hall–Kier alpha value is -0.260. The van der Waals surface area contributed by atoms with Crippen molar-refractivity contribution in [3.05, 3.63) is 10.2 Å². The van der Waals surface area contributed by atoms with Gasteiger partial charge in [0.1, 0.15) is 5.02 Å². The smallest absolute Gasteiger partial charge is 0.175 e. The van der Waals surface area contributed by atoms with Crippen LogP contribution in [-0.4, -0.2) is 27.7 Å². The van der Waals surface area contributed by atoms with Gasteiger partial charge in [-0.3, -0.25) is 0 Å². The number of hydrogen-bond donors (Lipinski definition) is 2. The van der Waals surface area contributed by atoms with Crippen LogP contribution in [0.4, 0.5) is 5.82 Å². The fourth-order valence-electron chi connectivity index (χ4n) is 0.579. The maximum Gasteiger partial charge on any atom is 0.175 e. The van der Waals surface area contributed by atoms with Crippen molar-refractivity contribution in [3.63, 3.8) is 0 Å². The lowest BCUT2D eigenvalue weighted by molar-refractivity contribution is 0.865. The maximum absolute atomic E-state index is 5.74. The van der Waals surface area contributed by atoms with E-state index < -0.39 is 0 Å². The fraction of sp³-hybridized carbons (Fsp3) is 0.400. The lowest BCUT2D eigenvalue weighted by Crippen LogP contribution is -2.06. The predicted octanol–water partition coefficient (Wildman–Crippen LogP) is 1.52. The lowest BCUT2D eigenvalue weighted by Gasteiger charge is -2.03. The van der Waals surface area contributed by atoms with E-state index in [0.717, 1.165) is 0 Å². The molecule has 1 aromatic rings. The van der Waals surface area contributed by atoms with Crippen LogP contribution in [0.15, 0.2) is 0 Å². The number of anilines is 1. The molecule has 1 heterocycles. The highest BCUT2D eigenvalue weighted by Gasteiger charge is 2.06. The summed E-state index contributed by atoms with van der Waals surface area (Å²) in [6.07, 6.45) is 0. The van der Waals surface area contributed by atoms with Gasteiger partial charge < -0.3 is 5.32 Å². The largest absolute Gasteiger partial charge is 0.366 e. The first-order valence-corrected chi connectivity index (χ1v) is 4.53. The number of hydrogen-bond acceptors (Lipinski definition) is 5. The summed E-state index contributed by atoms with van der Waals surface area (Å²) < 4.78 is 0. The summed E-state index contributed by atoms with van der Waals surface area (Å²) >= 11 is 15.3. The molecule has 0 fully saturated rings. The van der Waals surface area contributed by atoms with Crippen LogP contribution in [0.3, 0.4) is 0 Å². The molecule has 0 spiro atoms. The van der Waals surface area contributed by atoms with E-state index in [1.54, 1.807) is 0 Å². The molecule has 1 aromatic heterocycles. The van der Waals surface area contributed by atoms with E-state index in [1.165, 1.54) is 0 Å². The van der Waals surface area contributed by atoms with E-state index in [2.05, 4.69) is 33.4 Å². The molecule has 0 radical (unpaired) electrons. The van der Waals surface area contributed by atoms with Gasteiger partial charge in [0.05, 0.1) is 0 Å². The molecule has 1 rings (SSSR count). The van der Waals surface area contributed by atoms with Crippen molar-refractivity contribution in [1.82, 2.24) is 15.4 Å². The molecule has 0 aliphatic rings. The van der Waals surface area contributed by atoms with Crippen molar-refractivity contribution in [3.8, 4) is 0 Å². The SMILES string of the molecule is SCCNc1nnnc(Cl)c1Cl. The summed E-state index contributed by atoms with van der Waals surface area (Å²) in [5.74, 6) is 1.11. The number of nitrogens with zero attached hydrogens (tertiary/aromatic N) is 3. The van der Waals surface area contributed by atoms with Gasteiger partial charge in [-0.2, -0.15) is 12.6 Å². The molecule has 0 aliphatic carbocycles. The molecular weight excluding hydrogens is 219 g/mol. The second-order valence-corrected chi connectivity index (χ2v) is 3.08. The van der Waals surface area contributed by atoms with E-state index in [4.69, 9.17) is 23.2 Å². The molecule has 0 saturated heterocycles. The molecule has 4 nitrogen and oxygen atoms in total. The first-order valence-electron chi connectivity index (χ1n) is 3.14. The van der Waals surface area contributed by atoms with Crippen molar-refractivity contribution in [2.75, 3.05) is 17.6 Å². The van der Waals surface area contributed by atoms with E-state index in [9.17, 15) is 0 Å². The Bertz CT molecular complexity index is 270. The summed E-state index contributed by atoms with van der Waals surface area (Å²) in [7, 11) is 0. The molecule has 12 heavy (non-hydrogen) atoms. The first-order chi connectivity index (χ1) is 5.75. The van der Waals surface area contributed by atoms with Crippen LogP contribution in [-0.2, 0) is 0 Å². The Morgan fingerprint density at radius 1 is 1.33 bits per heavy atom. The summed E-state index contributed by atoms with van der Waals surface area (Å²) in [4.78, 5) is 0. The van der Waals surface area contributed by atoms with Gasteiger partial charge in [0.2, 0.25) is 0 Å². The number of nitrogens with one attached hydrogen (secondary N) is 1. The molecule has 0 atom stereocenters. The molecular formula is C5H6Cl2N4S. The topological polar surface area (TPSA) is 50.7 Å². The minimum Gasteiger partial charge on any atom is -0.366 e. The normalized spacial score (nSPS) is 9.92. The second kappa shape index (κ2) is 4.69. The quantitative estimate of drug-likeness (QED) is 0.765. The standard InChI is InChI=1S/C5H6Cl2N4S/c6-3-4(7)9-11-10-5(3)8-1-2-12/h12H,1-2H2,(H,8,9,10). The summed E-state index contributed by atoms with van der Waals surface area (Å²) in [5, 5.41) is 13.8. The Labute approximate surface area is 85.1 Å². The summed E-state index contributed by atoms with van der Waals surface area (Å²) in [6, 6.07) is 0. The Kier molecular flexibility index (Phi) is 3.84. The summed E-state index contributed by atoms with van der Waals surface area (Å²) in [5.41, 5.74) is 0. The van der Waals surface area contributed by atoms with Crippen LogP contribution >= 0.6 is 35.8 Å². The zero-order chi connectivity index (χ0) is 8.97. The van der Waals surface area contributed by atoms with E-state index >= 15 is 0 Å². The van der Waals surface area contributed by atoms with Gasteiger partial charge in [0.15, 0.2) is 11.0 Å². The van der Waals surface area contributed by atoms with Gasteiger partial charge in [-0.25, -0.2) is 0 Å². The minimum absolute atomic E-state index is 0.147. The number of halogens is 2. The molecule has 0 bridgehead atoms. The van der Waals surface area contributed by atoms with E-state index in [-0.39, 0.29) is 10.2 Å². The Morgan fingerprint density at radius 3 is 2.75 bits per heavy atom. The third kappa shape index (κ3) is 2.36. The fourth-order valence-corrected chi connectivity index (χ4v) is 0.957. The van der Waals surface area contributed by atoms with Gasteiger partial charge in [-0.05, 0) is 5.21 Å². The van der Waals surface area contributed by atoms with Crippen LogP contribution < -0.4 is 5.32 Å². The molecule has 7 heteroatoms. The van der Waals surface area contributed by atoms with Gasteiger partial charge in [0, 0.05) is 12.3 Å². The molecule has 0 aromatic carbocycles. The van der Waals surface area contributed by atoms with E-state index in [0.29, 0.717) is 18.1 Å². The highest BCUT2D eigenvalue weighted by molar-refractivity contribution is 7.80. The molecule has 66 valence electrons. The zero-order valence-electron chi connectivity index (χ0n) is 5.96. The van der Waals surface area contributed by atoms with Crippen LogP contribution in [0, 0.1) is 0 Å². The van der Waals surface area contributed by atoms with Gasteiger partial charge in [-0.1, -0.05) is 23.2 Å². The molecule has 0 unspecified atom stereocenters. The molecule has 1 N–H and O–H groups in total. The summed E-state index contributed by atoms with van der Waals surface area (Å²) in [6.45, 7) is 0.651. The van der Waals surface area contributed by atoms with Crippen LogP contribution in [0.1, 0.15) is 0 Å². The third-order valence-corrected chi connectivity index (χ3v) is 2.01. The maximum atomic E-state index is 5.74. The zero-order valence-corrected chi connectivity index (χ0v) is 8.37. The van der Waals surface area contributed by atoms with Crippen molar-refractivity contribution in [1.29, 1.82) is 0 Å². The van der Waals surface area contributed by atoms with Crippen molar-refractivity contribution >= 4 is 41.6 Å². The number of aromatic nitrogens is 3. The Balaban J connectivity index is 2.78. The highest BCUT2D eigenvalue weighted by atomic mass is 35.5. The van der Waals surface area contributed by atoms with Crippen LogP contribution in [0.25, 0.3) is 0 Å². The third-order valence-electron chi connectivity index (χ3n) is 1.07. The first kappa shape index (κ1) is 9.83. The average Bonchev–Trinajstić information content (AvgIpc) is 2.08. The van der Waals surface area contributed by atoms with Crippen molar-refractivity contribution < 1.29 is 0 Å². The lowest BCUT2D eigenvalue weighted by atomic mass is 10.6. The minimum atomic E-state index is 0.147. The highest BCUT2D eigenvalue weighted by Crippen LogP contribution is 2.24. The number of thiol groups is 1. The van der Waals surface area contributed by atoms with Gasteiger partial charge >= 0.3 is 0 Å². The van der Waals surface area contributed by atoms with Crippen molar-refractivity contribution in [2.45, 2.75) is 0 Å². The average molecular weight is 225 g/mol. The van der Waals surface area contributed by atoms with E-state index in [1.807, 2.05) is 0 Å². The van der Waals surface area contributed by atoms with Gasteiger partial charge in [-0.15, -0.1) is 10.2 Å². The van der Waals surface area contributed by atoms with Crippen LogP contribution in [0.2, 0.25) is 10.2 Å². The van der Waals surface area contributed by atoms with Gasteiger partial charge in [0.25, 0.3) is 0 Å². The second-order valence-electron chi connectivity index (χ2n) is 1.89. The number of rotatable bonds is 3.